The fraction of sp³-hybridized carbons (Fsp3) is 0.435. The smallest absolute Gasteiger partial charge is 0.261 e. The largest absolute Gasteiger partial charge is 0.497 e. The van der Waals surface area contributed by atoms with Crippen LogP contribution in [-0.2, 0) is 17.6 Å². The quantitative estimate of drug-likeness (QED) is 0.777. The highest BCUT2D eigenvalue weighted by Crippen LogP contribution is 2.31. The number of ether oxygens (including phenoxy) is 3. The predicted octanol–water partition coefficient (Wildman–Crippen LogP) is 4.23. The zero-order valence-corrected chi connectivity index (χ0v) is 17.1. The Kier molecular flexibility index (Phi) is 6.45. The van der Waals surface area contributed by atoms with Crippen molar-refractivity contribution < 1.29 is 19.0 Å². The second kappa shape index (κ2) is 9.00. The number of methoxy groups -OCH3 is 2. The predicted molar refractivity (Wildman–Crippen MR) is 109 cm³/mol. The van der Waals surface area contributed by atoms with Gasteiger partial charge in [-0.2, -0.15) is 0 Å². The monoisotopic (exact) mass is 383 g/mol. The number of benzene rings is 2. The number of fused-ring (bicyclic) bond motifs is 1. The highest BCUT2D eigenvalue weighted by molar-refractivity contribution is 5.81. The summed E-state index contributed by atoms with van der Waals surface area (Å²) in [6, 6.07) is 11.4. The molecule has 0 aliphatic heterocycles. The van der Waals surface area contributed by atoms with E-state index in [1.807, 2.05) is 37.3 Å². The van der Waals surface area contributed by atoms with Gasteiger partial charge in [0, 0.05) is 5.56 Å². The van der Waals surface area contributed by atoms with Crippen LogP contribution in [0.4, 0.5) is 0 Å². The van der Waals surface area contributed by atoms with Crippen LogP contribution in [-0.4, -0.2) is 26.2 Å². The molecule has 28 heavy (non-hydrogen) atoms. The Bertz CT molecular complexity index is 833. The summed E-state index contributed by atoms with van der Waals surface area (Å²) in [5.41, 5.74) is 3.45. The van der Waals surface area contributed by atoms with E-state index in [2.05, 4.69) is 11.4 Å². The number of aryl methyl sites for hydroxylation is 1. The molecule has 5 heteroatoms. The second-order valence-corrected chi connectivity index (χ2v) is 7.20. The van der Waals surface area contributed by atoms with E-state index in [4.69, 9.17) is 14.2 Å². The van der Waals surface area contributed by atoms with Crippen LogP contribution >= 0.6 is 0 Å². The van der Waals surface area contributed by atoms with Crippen LogP contribution in [0.2, 0.25) is 0 Å². The van der Waals surface area contributed by atoms with Crippen molar-refractivity contribution in [3.8, 4) is 17.2 Å². The maximum Gasteiger partial charge on any atom is 0.261 e. The van der Waals surface area contributed by atoms with Crippen molar-refractivity contribution in [2.45, 2.75) is 51.7 Å². The highest BCUT2D eigenvalue weighted by Gasteiger charge is 2.22. The maximum atomic E-state index is 12.7. The standard InChI is InChI=1S/C23H29NO4/c1-15(20-14-18(26-3)12-13-21(20)27-4)24-23(25)16(2)28-22-11-7-9-17-8-5-6-10-19(17)22/h7,9,11-16H,5-6,8,10H2,1-4H3,(H,24,25)/t15-,16+/m0/s1. The van der Waals surface area contributed by atoms with Crippen LogP contribution in [0.25, 0.3) is 0 Å². The normalized spacial score (nSPS) is 15.1. The Labute approximate surface area is 167 Å². The van der Waals surface area contributed by atoms with E-state index in [1.54, 1.807) is 21.1 Å². The summed E-state index contributed by atoms with van der Waals surface area (Å²) in [5, 5.41) is 3.02. The fourth-order valence-electron chi connectivity index (χ4n) is 3.69. The molecule has 2 aromatic carbocycles. The van der Waals surface area contributed by atoms with Gasteiger partial charge in [0.05, 0.1) is 20.3 Å². The zero-order valence-electron chi connectivity index (χ0n) is 17.1. The summed E-state index contributed by atoms with van der Waals surface area (Å²) in [5.74, 6) is 2.09. The van der Waals surface area contributed by atoms with Gasteiger partial charge in [-0.1, -0.05) is 12.1 Å². The molecule has 1 aliphatic rings. The Morgan fingerprint density at radius 3 is 2.54 bits per heavy atom. The molecule has 3 rings (SSSR count). The number of nitrogens with one attached hydrogen (secondary N) is 1. The van der Waals surface area contributed by atoms with Gasteiger partial charge in [0.25, 0.3) is 5.91 Å². The Hall–Kier alpha value is -2.69. The molecule has 1 aliphatic carbocycles. The molecule has 0 fully saturated rings. The van der Waals surface area contributed by atoms with Crippen LogP contribution in [0, 0.1) is 0 Å². The number of hydrogen-bond donors (Lipinski definition) is 1. The van der Waals surface area contributed by atoms with Crippen LogP contribution in [0.5, 0.6) is 17.2 Å². The first-order chi connectivity index (χ1) is 13.5. The van der Waals surface area contributed by atoms with E-state index in [0.717, 1.165) is 29.9 Å². The van der Waals surface area contributed by atoms with Gasteiger partial charge in [-0.25, -0.2) is 0 Å². The lowest BCUT2D eigenvalue weighted by atomic mass is 9.91. The molecule has 0 saturated carbocycles. The van der Waals surface area contributed by atoms with E-state index >= 15 is 0 Å². The van der Waals surface area contributed by atoms with Crippen molar-refractivity contribution in [3.05, 3.63) is 53.1 Å². The fourth-order valence-corrected chi connectivity index (χ4v) is 3.69. The SMILES string of the molecule is COc1ccc(OC)c([C@H](C)NC(=O)[C@@H](C)Oc2cccc3c2CCCC3)c1. The van der Waals surface area contributed by atoms with Gasteiger partial charge in [-0.15, -0.1) is 0 Å². The molecule has 0 spiro atoms. The average molecular weight is 383 g/mol. The van der Waals surface area contributed by atoms with E-state index in [1.165, 1.54) is 24.0 Å². The highest BCUT2D eigenvalue weighted by atomic mass is 16.5. The molecule has 0 heterocycles. The van der Waals surface area contributed by atoms with Crippen molar-refractivity contribution >= 4 is 5.91 Å². The lowest BCUT2D eigenvalue weighted by molar-refractivity contribution is -0.127. The molecule has 0 saturated heterocycles. The van der Waals surface area contributed by atoms with Gasteiger partial charge in [0.1, 0.15) is 17.2 Å². The van der Waals surface area contributed by atoms with Gasteiger partial charge in [0.15, 0.2) is 6.10 Å². The summed E-state index contributed by atoms with van der Waals surface area (Å²) in [7, 11) is 3.23. The van der Waals surface area contributed by atoms with Crippen LogP contribution < -0.4 is 19.5 Å². The first kappa shape index (κ1) is 20.1. The second-order valence-electron chi connectivity index (χ2n) is 7.20. The van der Waals surface area contributed by atoms with Crippen LogP contribution in [0.3, 0.4) is 0 Å². The molecule has 1 amide bonds. The molecule has 0 radical (unpaired) electrons. The Morgan fingerprint density at radius 2 is 1.79 bits per heavy atom. The number of carbonyl (C=O) groups excluding carboxylic acids is 1. The number of carbonyl (C=O) groups is 1. The first-order valence-electron chi connectivity index (χ1n) is 9.83. The van der Waals surface area contributed by atoms with Crippen LogP contribution in [0.15, 0.2) is 36.4 Å². The summed E-state index contributed by atoms with van der Waals surface area (Å²) >= 11 is 0. The van der Waals surface area contributed by atoms with Gasteiger partial charge < -0.3 is 19.5 Å². The molecular formula is C23H29NO4. The molecule has 1 N–H and O–H groups in total. The Balaban J connectivity index is 1.69. The molecule has 0 unspecified atom stereocenters. The van der Waals surface area contributed by atoms with Gasteiger partial charge >= 0.3 is 0 Å². The van der Waals surface area contributed by atoms with E-state index in [9.17, 15) is 4.79 Å². The molecular weight excluding hydrogens is 354 g/mol. The summed E-state index contributed by atoms with van der Waals surface area (Å²) in [6.07, 6.45) is 3.89. The first-order valence-corrected chi connectivity index (χ1v) is 9.83. The molecule has 0 aromatic heterocycles. The average Bonchev–Trinajstić information content (AvgIpc) is 2.73. The van der Waals surface area contributed by atoms with Gasteiger partial charge in [-0.3, -0.25) is 4.79 Å². The summed E-state index contributed by atoms with van der Waals surface area (Å²) in [4.78, 5) is 12.7. The van der Waals surface area contributed by atoms with Crippen molar-refractivity contribution in [2.75, 3.05) is 14.2 Å². The minimum atomic E-state index is -0.590. The summed E-state index contributed by atoms with van der Waals surface area (Å²) < 4.78 is 16.8. The zero-order chi connectivity index (χ0) is 20.1. The summed E-state index contributed by atoms with van der Waals surface area (Å²) in [6.45, 7) is 3.71. The molecule has 2 aromatic rings. The third kappa shape index (κ3) is 4.41. The van der Waals surface area contributed by atoms with E-state index in [-0.39, 0.29) is 11.9 Å². The lowest BCUT2D eigenvalue weighted by Crippen LogP contribution is -2.38. The third-order valence-electron chi connectivity index (χ3n) is 5.29. The topological polar surface area (TPSA) is 56.8 Å². The minimum Gasteiger partial charge on any atom is -0.497 e. The molecule has 2 atom stereocenters. The number of amides is 1. The van der Waals surface area contributed by atoms with Crippen molar-refractivity contribution in [3.63, 3.8) is 0 Å². The van der Waals surface area contributed by atoms with Crippen molar-refractivity contribution in [1.29, 1.82) is 0 Å². The van der Waals surface area contributed by atoms with Crippen molar-refractivity contribution in [2.24, 2.45) is 0 Å². The number of rotatable bonds is 7. The molecule has 150 valence electrons. The van der Waals surface area contributed by atoms with Gasteiger partial charge in [-0.05, 0) is 74.9 Å². The minimum absolute atomic E-state index is 0.161. The van der Waals surface area contributed by atoms with Gasteiger partial charge in [0.2, 0.25) is 0 Å². The molecule has 5 nitrogen and oxygen atoms in total. The van der Waals surface area contributed by atoms with E-state index in [0.29, 0.717) is 5.75 Å². The Morgan fingerprint density at radius 1 is 1.00 bits per heavy atom. The number of hydrogen-bond acceptors (Lipinski definition) is 4. The van der Waals surface area contributed by atoms with Crippen LogP contribution in [0.1, 0.15) is 49.4 Å². The molecule has 0 bridgehead atoms. The third-order valence-corrected chi connectivity index (χ3v) is 5.29. The lowest BCUT2D eigenvalue weighted by Gasteiger charge is -2.23. The van der Waals surface area contributed by atoms with E-state index < -0.39 is 6.10 Å². The van der Waals surface area contributed by atoms with Crippen molar-refractivity contribution in [1.82, 2.24) is 5.32 Å². The maximum absolute atomic E-state index is 12.7.